The van der Waals surface area contributed by atoms with E-state index in [9.17, 15) is 4.79 Å². The third kappa shape index (κ3) is 1.91. The summed E-state index contributed by atoms with van der Waals surface area (Å²) in [6.07, 6.45) is 2.58. The number of nitrogens with zero attached hydrogens (tertiary/aromatic N) is 2. The van der Waals surface area contributed by atoms with E-state index in [1.54, 1.807) is 12.3 Å². The Labute approximate surface area is 89.0 Å². The van der Waals surface area contributed by atoms with Crippen molar-refractivity contribution in [3.05, 3.63) is 26.2 Å². The summed E-state index contributed by atoms with van der Waals surface area (Å²) < 4.78 is 7.58. The summed E-state index contributed by atoms with van der Waals surface area (Å²) in [5, 5.41) is 4.08. The van der Waals surface area contributed by atoms with E-state index in [0.29, 0.717) is 6.61 Å². The lowest BCUT2D eigenvalue weighted by Crippen LogP contribution is -2.27. The van der Waals surface area contributed by atoms with Gasteiger partial charge in [-0.05, 0) is 29.0 Å². The van der Waals surface area contributed by atoms with Crippen LogP contribution in [0, 0.1) is 3.57 Å². The first kappa shape index (κ1) is 9.14. The van der Waals surface area contributed by atoms with Crippen LogP contribution in [0.15, 0.2) is 17.1 Å². The van der Waals surface area contributed by atoms with Crippen LogP contribution in [0.25, 0.3) is 0 Å². The molecular formula is C8H9IN2O2. The minimum Gasteiger partial charge on any atom is -0.379 e. The van der Waals surface area contributed by atoms with Crippen molar-refractivity contribution in [2.24, 2.45) is 0 Å². The van der Waals surface area contributed by atoms with Gasteiger partial charge in [0.1, 0.15) is 0 Å². The van der Waals surface area contributed by atoms with Crippen molar-refractivity contribution >= 4 is 22.6 Å². The minimum atomic E-state index is -0.0394. The van der Waals surface area contributed by atoms with E-state index in [-0.39, 0.29) is 11.6 Å². The second-order valence-corrected chi connectivity index (χ2v) is 4.22. The first-order valence-electron chi connectivity index (χ1n) is 4.09. The zero-order valence-corrected chi connectivity index (χ0v) is 9.10. The van der Waals surface area contributed by atoms with Crippen LogP contribution in [0.4, 0.5) is 0 Å². The molecule has 0 aromatic carbocycles. The Bertz CT molecular complexity index is 357. The van der Waals surface area contributed by atoms with E-state index in [4.69, 9.17) is 4.74 Å². The molecule has 5 heteroatoms. The fraction of sp³-hybridized carbons (Fsp3) is 0.500. The highest BCUT2D eigenvalue weighted by Crippen LogP contribution is 2.15. The number of ether oxygens (including phenoxy) is 1. The fourth-order valence-electron chi connectivity index (χ4n) is 1.38. The number of hydrogen-bond acceptors (Lipinski definition) is 3. The Balaban J connectivity index is 2.34. The van der Waals surface area contributed by atoms with E-state index in [2.05, 4.69) is 27.7 Å². The second kappa shape index (κ2) is 3.75. The zero-order valence-electron chi connectivity index (χ0n) is 6.94. The van der Waals surface area contributed by atoms with Gasteiger partial charge in [0.05, 0.1) is 18.8 Å². The number of rotatable bonds is 1. The standard InChI is InChI=1S/C8H9IN2O2/c9-6-3-8(12)11(10-4-6)7-1-2-13-5-7/h3-4,7H,1-2,5H2. The first-order valence-corrected chi connectivity index (χ1v) is 5.17. The SMILES string of the molecule is O=c1cc(I)cnn1C1CCOC1. The summed E-state index contributed by atoms with van der Waals surface area (Å²) in [5.41, 5.74) is -0.0394. The van der Waals surface area contributed by atoms with Gasteiger partial charge >= 0.3 is 0 Å². The van der Waals surface area contributed by atoms with E-state index in [0.717, 1.165) is 16.6 Å². The molecule has 1 saturated heterocycles. The number of halogens is 1. The van der Waals surface area contributed by atoms with Crippen molar-refractivity contribution in [2.45, 2.75) is 12.5 Å². The van der Waals surface area contributed by atoms with Gasteiger partial charge in [-0.2, -0.15) is 5.10 Å². The highest BCUT2D eigenvalue weighted by Gasteiger charge is 2.19. The molecule has 2 rings (SSSR count). The Kier molecular flexibility index (Phi) is 2.63. The Morgan fingerprint density at radius 3 is 3.15 bits per heavy atom. The fourth-order valence-corrected chi connectivity index (χ4v) is 1.78. The van der Waals surface area contributed by atoms with Gasteiger partial charge in [-0.3, -0.25) is 4.79 Å². The molecule has 1 aliphatic rings. The molecule has 1 aliphatic heterocycles. The van der Waals surface area contributed by atoms with Crippen LogP contribution < -0.4 is 5.56 Å². The van der Waals surface area contributed by atoms with Crippen LogP contribution in [0.1, 0.15) is 12.5 Å². The van der Waals surface area contributed by atoms with Gasteiger partial charge in [0.2, 0.25) is 0 Å². The van der Waals surface area contributed by atoms with Gasteiger partial charge in [-0.25, -0.2) is 4.68 Å². The lowest BCUT2D eigenvalue weighted by molar-refractivity contribution is 0.183. The van der Waals surface area contributed by atoms with Crippen molar-refractivity contribution in [3.8, 4) is 0 Å². The Hall–Kier alpha value is -0.430. The van der Waals surface area contributed by atoms with Crippen molar-refractivity contribution in [2.75, 3.05) is 13.2 Å². The molecule has 0 amide bonds. The lowest BCUT2D eigenvalue weighted by Gasteiger charge is -2.09. The summed E-state index contributed by atoms with van der Waals surface area (Å²) in [4.78, 5) is 11.5. The molecule has 70 valence electrons. The van der Waals surface area contributed by atoms with Crippen molar-refractivity contribution < 1.29 is 4.74 Å². The molecule has 0 saturated carbocycles. The Morgan fingerprint density at radius 2 is 2.54 bits per heavy atom. The maximum atomic E-state index is 11.5. The van der Waals surface area contributed by atoms with Crippen LogP contribution in [0.5, 0.6) is 0 Å². The highest BCUT2D eigenvalue weighted by molar-refractivity contribution is 14.1. The van der Waals surface area contributed by atoms with Gasteiger partial charge < -0.3 is 4.74 Å². The quantitative estimate of drug-likeness (QED) is 0.720. The molecular weight excluding hydrogens is 283 g/mol. The van der Waals surface area contributed by atoms with Gasteiger partial charge in [0.15, 0.2) is 0 Å². The molecule has 1 aromatic rings. The largest absolute Gasteiger partial charge is 0.379 e. The number of hydrogen-bond donors (Lipinski definition) is 0. The molecule has 1 atom stereocenters. The average molecular weight is 292 g/mol. The molecule has 0 aliphatic carbocycles. The summed E-state index contributed by atoms with van der Waals surface area (Å²) >= 11 is 2.08. The molecule has 2 heterocycles. The maximum absolute atomic E-state index is 11.5. The number of aromatic nitrogens is 2. The van der Waals surface area contributed by atoms with Crippen LogP contribution in [0.3, 0.4) is 0 Å². The van der Waals surface area contributed by atoms with Gasteiger partial charge in [0.25, 0.3) is 5.56 Å². The van der Waals surface area contributed by atoms with Crippen LogP contribution in [0.2, 0.25) is 0 Å². The molecule has 4 nitrogen and oxygen atoms in total. The normalized spacial score (nSPS) is 22.1. The van der Waals surface area contributed by atoms with Gasteiger partial charge in [0, 0.05) is 16.2 Å². The monoisotopic (exact) mass is 292 g/mol. The molecule has 0 spiro atoms. The van der Waals surface area contributed by atoms with Crippen molar-refractivity contribution in [1.82, 2.24) is 9.78 Å². The van der Waals surface area contributed by atoms with Crippen molar-refractivity contribution in [3.63, 3.8) is 0 Å². The second-order valence-electron chi connectivity index (χ2n) is 2.97. The minimum absolute atomic E-state index is 0.0394. The average Bonchev–Trinajstić information content (AvgIpc) is 2.56. The summed E-state index contributed by atoms with van der Waals surface area (Å²) in [5.74, 6) is 0. The molecule has 1 unspecified atom stereocenters. The molecule has 0 radical (unpaired) electrons. The zero-order chi connectivity index (χ0) is 9.26. The highest BCUT2D eigenvalue weighted by atomic mass is 127. The summed E-state index contributed by atoms with van der Waals surface area (Å²) in [7, 11) is 0. The summed E-state index contributed by atoms with van der Waals surface area (Å²) in [6.45, 7) is 1.33. The van der Waals surface area contributed by atoms with Gasteiger partial charge in [-0.1, -0.05) is 0 Å². The molecule has 1 fully saturated rings. The van der Waals surface area contributed by atoms with Gasteiger partial charge in [-0.15, -0.1) is 0 Å². The smallest absolute Gasteiger partial charge is 0.268 e. The molecule has 1 aromatic heterocycles. The predicted molar refractivity (Wildman–Crippen MR) is 55.7 cm³/mol. The van der Waals surface area contributed by atoms with E-state index < -0.39 is 0 Å². The molecule has 0 bridgehead atoms. The molecule has 13 heavy (non-hydrogen) atoms. The van der Waals surface area contributed by atoms with E-state index >= 15 is 0 Å². The maximum Gasteiger partial charge on any atom is 0.268 e. The summed E-state index contributed by atoms with van der Waals surface area (Å²) in [6, 6.07) is 1.72. The van der Waals surface area contributed by atoms with Crippen LogP contribution in [-0.4, -0.2) is 23.0 Å². The topological polar surface area (TPSA) is 44.1 Å². The lowest BCUT2D eigenvalue weighted by atomic mass is 10.3. The third-order valence-electron chi connectivity index (χ3n) is 2.04. The third-order valence-corrected chi connectivity index (χ3v) is 2.63. The first-order chi connectivity index (χ1) is 6.27. The van der Waals surface area contributed by atoms with Crippen LogP contribution >= 0.6 is 22.6 Å². The van der Waals surface area contributed by atoms with Crippen molar-refractivity contribution in [1.29, 1.82) is 0 Å². The predicted octanol–water partition coefficient (Wildman–Crippen LogP) is 0.809. The van der Waals surface area contributed by atoms with E-state index in [1.807, 2.05) is 0 Å². The van der Waals surface area contributed by atoms with E-state index in [1.165, 1.54) is 4.68 Å². The Morgan fingerprint density at radius 1 is 1.69 bits per heavy atom. The van der Waals surface area contributed by atoms with Crippen LogP contribution in [-0.2, 0) is 4.74 Å². The molecule has 0 N–H and O–H groups in total.